The second-order valence-electron chi connectivity index (χ2n) is 5.15. The predicted octanol–water partition coefficient (Wildman–Crippen LogP) is 4.69. The third kappa shape index (κ3) is 7.84. The summed E-state index contributed by atoms with van der Waals surface area (Å²) < 4.78 is 0. The van der Waals surface area contributed by atoms with Crippen LogP contribution < -0.4 is 0 Å². The molecule has 1 aromatic rings. The Morgan fingerprint density at radius 3 is 2.26 bits per heavy atom. The largest absolute Gasteiger partial charge is 0.300 e. The molecule has 0 aromatic heterocycles. The van der Waals surface area contributed by atoms with E-state index in [4.69, 9.17) is 0 Å². The first kappa shape index (κ1) is 16.0. The number of hydrogen-bond acceptors (Lipinski definition) is 1. The summed E-state index contributed by atoms with van der Waals surface area (Å²) in [7, 11) is 0. The molecule has 0 saturated heterocycles. The van der Waals surface area contributed by atoms with Crippen LogP contribution in [0.25, 0.3) is 0 Å². The summed E-state index contributed by atoms with van der Waals surface area (Å²) in [6.45, 7) is 8.08. The van der Waals surface area contributed by atoms with Gasteiger partial charge in [-0.05, 0) is 50.8 Å². The van der Waals surface area contributed by atoms with Crippen molar-refractivity contribution < 1.29 is 0 Å². The minimum absolute atomic E-state index is 1.12. The van der Waals surface area contributed by atoms with Crippen LogP contribution in [0.1, 0.15) is 45.1 Å². The highest BCUT2D eigenvalue weighted by molar-refractivity contribution is 5.14. The molecule has 0 aliphatic carbocycles. The Kier molecular flexibility index (Phi) is 9.09. The van der Waals surface area contributed by atoms with Gasteiger partial charge in [0.05, 0.1) is 0 Å². The van der Waals surface area contributed by atoms with Crippen molar-refractivity contribution in [1.29, 1.82) is 0 Å². The lowest BCUT2D eigenvalue weighted by molar-refractivity contribution is 0.303. The molecule has 0 unspecified atom stereocenters. The summed E-state index contributed by atoms with van der Waals surface area (Å²) in [4.78, 5) is 2.54. The van der Waals surface area contributed by atoms with E-state index in [2.05, 4.69) is 61.2 Å². The lowest BCUT2D eigenvalue weighted by atomic mass is 10.1. The van der Waals surface area contributed by atoms with E-state index in [-0.39, 0.29) is 0 Å². The topological polar surface area (TPSA) is 3.24 Å². The van der Waals surface area contributed by atoms with Crippen molar-refractivity contribution in [3.05, 3.63) is 48.0 Å². The maximum atomic E-state index is 2.54. The van der Waals surface area contributed by atoms with Crippen LogP contribution in [-0.4, -0.2) is 24.5 Å². The lowest BCUT2D eigenvalue weighted by Gasteiger charge is -2.18. The molecule has 0 N–H and O–H groups in total. The van der Waals surface area contributed by atoms with Crippen LogP contribution in [0.15, 0.2) is 42.5 Å². The van der Waals surface area contributed by atoms with Gasteiger partial charge in [-0.25, -0.2) is 0 Å². The summed E-state index contributed by atoms with van der Waals surface area (Å²) in [6, 6.07) is 10.8. The van der Waals surface area contributed by atoms with Crippen molar-refractivity contribution >= 4 is 0 Å². The van der Waals surface area contributed by atoms with Gasteiger partial charge in [0, 0.05) is 6.54 Å². The van der Waals surface area contributed by atoms with Crippen molar-refractivity contribution in [1.82, 2.24) is 4.90 Å². The fourth-order valence-corrected chi connectivity index (χ4v) is 2.34. The van der Waals surface area contributed by atoms with Gasteiger partial charge in [-0.3, -0.25) is 4.90 Å². The lowest BCUT2D eigenvalue weighted by Crippen LogP contribution is -2.25. The van der Waals surface area contributed by atoms with Crippen LogP contribution in [0.3, 0.4) is 0 Å². The number of allylic oxidation sites excluding steroid dienone is 1. The molecule has 0 aliphatic rings. The summed E-state index contributed by atoms with van der Waals surface area (Å²) in [6.07, 6.45) is 10.8. The fraction of sp³-hybridized carbons (Fsp3) is 0.556. The zero-order valence-corrected chi connectivity index (χ0v) is 12.6. The third-order valence-electron chi connectivity index (χ3n) is 3.29. The van der Waals surface area contributed by atoms with Gasteiger partial charge in [0.1, 0.15) is 0 Å². The van der Waals surface area contributed by atoms with E-state index in [1.54, 1.807) is 0 Å². The maximum absolute atomic E-state index is 2.54. The molecule has 0 radical (unpaired) electrons. The van der Waals surface area contributed by atoms with Gasteiger partial charge in [-0.2, -0.15) is 0 Å². The zero-order valence-electron chi connectivity index (χ0n) is 12.6. The second kappa shape index (κ2) is 10.8. The van der Waals surface area contributed by atoms with Crippen molar-refractivity contribution in [2.45, 2.75) is 46.0 Å². The smallest absolute Gasteiger partial charge is 0.0163 e. The van der Waals surface area contributed by atoms with E-state index >= 15 is 0 Å². The fourth-order valence-electron chi connectivity index (χ4n) is 2.34. The molecule has 0 saturated carbocycles. The summed E-state index contributed by atoms with van der Waals surface area (Å²) >= 11 is 0. The molecule has 1 rings (SSSR count). The second-order valence-corrected chi connectivity index (χ2v) is 5.15. The number of aryl methyl sites for hydroxylation is 1. The molecule has 0 heterocycles. The van der Waals surface area contributed by atoms with Crippen molar-refractivity contribution in [3.63, 3.8) is 0 Å². The van der Waals surface area contributed by atoms with Crippen LogP contribution in [-0.2, 0) is 6.42 Å². The average molecular weight is 259 g/mol. The van der Waals surface area contributed by atoms with Crippen LogP contribution >= 0.6 is 0 Å². The molecule has 0 spiro atoms. The van der Waals surface area contributed by atoms with Gasteiger partial charge in [0.15, 0.2) is 0 Å². The Hall–Kier alpha value is -1.08. The molecule has 1 aromatic carbocycles. The molecule has 0 bridgehead atoms. The van der Waals surface area contributed by atoms with Crippen molar-refractivity contribution in [2.75, 3.05) is 19.6 Å². The Labute approximate surface area is 119 Å². The Bertz CT molecular complexity index is 323. The molecule has 1 heteroatoms. The normalized spacial score (nSPS) is 11.5. The van der Waals surface area contributed by atoms with Crippen LogP contribution in [0.5, 0.6) is 0 Å². The van der Waals surface area contributed by atoms with Crippen LogP contribution in [0, 0.1) is 0 Å². The number of nitrogens with zero attached hydrogens (tertiary/aromatic N) is 1. The van der Waals surface area contributed by atoms with Crippen LogP contribution in [0.2, 0.25) is 0 Å². The standard InChI is InChI=1S/C18H29N/c1-3-15-19(16-4-2)17-11-6-5-8-12-18-13-9-7-10-14-18/h6-7,9-11,13-14H,3-5,8,12,15-17H2,1-2H3/b11-6+. The van der Waals surface area contributed by atoms with Gasteiger partial charge < -0.3 is 0 Å². The number of benzene rings is 1. The van der Waals surface area contributed by atoms with Gasteiger partial charge in [0.25, 0.3) is 0 Å². The highest BCUT2D eigenvalue weighted by Gasteiger charge is 1.98. The quantitative estimate of drug-likeness (QED) is 0.435. The van der Waals surface area contributed by atoms with E-state index in [1.807, 2.05) is 0 Å². The summed E-state index contributed by atoms with van der Waals surface area (Å²) in [5.74, 6) is 0. The molecule has 0 fully saturated rings. The molecule has 106 valence electrons. The van der Waals surface area contributed by atoms with Gasteiger partial charge in [0.2, 0.25) is 0 Å². The minimum Gasteiger partial charge on any atom is -0.300 e. The number of unbranched alkanes of at least 4 members (excludes halogenated alkanes) is 1. The summed E-state index contributed by atoms with van der Waals surface area (Å²) in [5, 5.41) is 0. The summed E-state index contributed by atoms with van der Waals surface area (Å²) in [5.41, 5.74) is 1.45. The van der Waals surface area contributed by atoms with Gasteiger partial charge in [-0.15, -0.1) is 0 Å². The Morgan fingerprint density at radius 2 is 1.63 bits per heavy atom. The number of hydrogen-bond donors (Lipinski definition) is 0. The third-order valence-corrected chi connectivity index (χ3v) is 3.29. The molecular weight excluding hydrogens is 230 g/mol. The highest BCUT2D eigenvalue weighted by Crippen LogP contribution is 2.05. The van der Waals surface area contributed by atoms with E-state index in [1.165, 1.54) is 50.8 Å². The predicted molar refractivity (Wildman–Crippen MR) is 85.5 cm³/mol. The first-order valence-electron chi connectivity index (χ1n) is 7.78. The SMILES string of the molecule is CCCN(C/C=C/CCCc1ccccc1)CCC. The first-order chi connectivity index (χ1) is 9.36. The molecule has 0 aliphatic heterocycles. The average Bonchev–Trinajstić information content (AvgIpc) is 2.44. The monoisotopic (exact) mass is 259 g/mol. The molecule has 0 amide bonds. The highest BCUT2D eigenvalue weighted by atomic mass is 15.1. The minimum atomic E-state index is 1.12. The van der Waals surface area contributed by atoms with Gasteiger partial charge in [-0.1, -0.05) is 56.3 Å². The van der Waals surface area contributed by atoms with E-state index in [0.717, 1.165) is 6.54 Å². The van der Waals surface area contributed by atoms with Crippen LogP contribution in [0.4, 0.5) is 0 Å². The molecule has 0 atom stereocenters. The molecule has 19 heavy (non-hydrogen) atoms. The van der Waals surface area contributed by atoms with Gasteiger partial charge >= 0.3 is 0 Å². The maximum Gasteiger partial charge on any atom is 0.0163 e. The molecular formula is C18H29N. The van der Waals surface area contributed by atoms with Crippen molar-refractivity contribution in [2.24, 2.45) is 0 Å². The molecule has 1 nitrogen and oxygen atoms in total. The Morgan fingerprint density at radius 1 is 0.947 bits per heavy atom. The van der Waals surface area contributed by atoms with E-state index in [9.17, 15) is 0 Å². The number of rotatable bonds is 10. The first-order valence-corrected chi connectivity index (χ1v) is 7.78. The van der Waals surface area contributed by atoms with Crippen molar-refractivity contribution in [3.8, 4) is 0 Å². The van der Waals surface area contributed by atoms with E-state index in [0.29, 0.717) is 0 Å². The van der Waals surface area contributed by atoms with E-state index < -0.39 is 0 Å². The Balaban J connectivity index is 2.12. The zero-order chi connectivity index (χ0) is 13.8.